The molecule has 0 spiro atoms. The minimum Gasteiger partial charge on any atom is -0.222 e. The lowest BCUT2D eigenvalue weighted by atomic mass is 10.2. The van der Waals surface area contributed by atoms with Crippen molar-refractivity contribution in [3.63, 3.8) is 0 Å². The zero-order valence-electron chi connectivity index (χ0n) is 9.48. The molecule has 4 nitrogen and oxygen atoms in total. The number of nitrogens with one attached hydrogen (secondary N) is 1. The molecule has 0 radical (unpaired) electrons. The summed E-state index contributed by atoms with van der Waals surface area (Å²) in [5.41, 5.74) is 1.16. The van der Waals surface area contributed by atoms with Gasteiger partial charge in [-0.15, -0.1) is 4.48 Å². The van der Waals surface area contributed by atoms with Crippen LogP contribution >= 0.6 is 0 Å². The average Bonchev–Trinajstić information content (AvgIpc) is 2.76. The Hall–Kier alpha value is -1.19. The van der Waals surface area contributed by atoms with Gasteiger partial charge < -0.3 is 0 Å². The number of alkyl halides is 3. The fraction of sp³-hybridized carbons (Fsp3) is 0.400. The van der Waals surface area contributed by atoms with E-state index in [1.165, 1.54) is 0 Å². The number of hydrogen-bond acceptors (Lipinski definition) is 4. The van der Waals surface area contributed by atoms with Gasteiger partial charge in [-0.3, -0.25) is 0 Å². The molecule has 0 aliphatic carbocycles. The number of nitrogens with zero attached hydrogens (tertiary/aromatic N) is 1. The van der Waals surface area contributed by atoms with Gasteiger partial charge in [0.05, 0.1) is 10.5 Å². The molecule has 0 aromatic heterocycles. The molecule has 1 aliphatic rings. The van der Waals surface area contributed by atoms with E-state index in [4.69, 9.17) is 0 Å². The van der Waals surface area contributed by atoms with E-state index in [0.717, 1.165) is 12.1 Å². The number of hydrogen-bond donors (Lipinski definition) is 1. The Bertz CT molecular complexity index is 556. The van der Waals surface area contributed by atoms with Crippen molar-refractivity contribution in [2.45, 2.75) is 22.9 Å². The van der Waals surface area contributed by atoms with Gasteiger partial charge in [-0.05, 0) is 30.7 Å². The lowest BCUT2D eigenvalue weighted by molar-refractivity contribution is -0.137. The maximum absolute atomic E-state index is 12.7. The third kappa shape index (κ3) is 2.88. The van der Waals surface area contributed by atoms with Crippen LogP contribution in [0.5, 0.6) is 0 Å². The summed E-state index contributed by atoms with van der Waals surface area (Å²) in [5.74, 6) is 0. The molecule has 19 heavy (non-hydrogen) atoms. The minimum atomic E-state index is -4.52. The standard InChI is InChI=1S/C10H10F4N2O2S/c11-10(12,13)7-1-3-8(4-2-7)19(17,18)9-5-6-16(14)15-9/h1-4,9,15H,5-6H2. The molecule has 1 fully saturated rings. The summed E-state index contributed by atoms with van der Waals surface area (Å²) >= 11 is 0. The topological polar surface area (TPSA) is 49.4 Å². The number of sulfone groups is 1. The first kappa shape index (κ1) is 14.2. The van der Waals surface area contributed by atoms with E-state index in [9.17, 15) is 26.1 Å². The van der Waals surface area contributed by atoms with Crippen LogP contribution in [0, 0.1) is 0 Å². The Labute approximate surface area is 106 Å². The first-order valence-electron chi connectivity index (χ1n) is 5.32. The quantitative estimate of drug-likeness (QED) is 0.669. The van der Waals surface area contributed by atoms with Crippen molar-refractivity contribution in [2.75, 3.05) is 6.54 Å². The summed E-state index contributed by atoms with van der Waals surface area (Å²) in [6.07, 6.45) is -4.50. The lowest BCUT2D eigenvalue weighted by Crippen LogP contribution is -2.35. The van der Waals surface area contributed by atoms with Crippen molar-refractivity contribution in [1.29, 1.82) is 0 Å². The van der Waals surface area contributed by atoms with E-state index < -0.39 is 27.0 Å². The third-order valence-electron chi connectivity index (χ3n) is 2.76. The molecule has 1 aromatic rings. The smallest absolute Gasteiger partial charge is 0.222 e. The molecule has 0 amide bonds. The van der Waals surface area contributed by atoms with Crippen molar-refractivity contribution >= 4 is 9.84 Å². The Morgan fingerprint density at radius 1 is 1.21 bits per heavy atom. The van der Waals surface area contributed by atoms with Crippen molar-refractivity contribution in [2.24, 2.45) is 0 Å². The number of rotatable bonds is 2. The van der Waals surface area contributed by atoms with E-state index in [1.807, 2.05) is 0 Å². The molecule has 9 heteroatoms. The molecular weight excluding hydrogens is 288 g/mol. The van der Waals surface area contributed by atoms with Gasteiger partial charge in [0.1, 0.15) is 5.37 Å². The molecule has 1 aliphatic heterocycles. The highest BCUT2D eigenvalue weighted by molar-refractivity contribution is 7.92. The number of benzene rings is 1. The van der Waals surface area contributed by atoms with Gasteiger partial charge in [0.2, 0.25) is 0 Å². The molecule has 1 atom stereocenters. The summed E-state index contributed by atoms with van der Waals surface area (Å²) in [6.45, 7) is -0.0927. The molecule has 2 rings (SSSR count). The van der Waals surface area contributed by atoms with Crippen molar-refractivity contribution < 1.29 is 26.1 Å². The Morgan fingerprint density at radius 2 is 1.79 bits per heavy atom. The van der Waals surface area contributed by atoms with Crippen LogP contribution in [0.1, 0.15) is 12.0 Å². The molecular formula is C10H10F4N2O2S. The maximum atomic E-state index is 12.7. The molecule has 1 unspecified atom stereocenters. The largest absolute Gasteiger partial charge is 0.416 e. The van der Waals surface area contributed by atoms with Crippen LogP contribution in [0.25, 0.3) is 0 Å². The van der Waals surface area contributed by atoms with E-state index in [-0.39, 0.29) is 23.1 Å². The molecule has 106 valence electrons. The van der Waals surface area contributed by atoms with Gasteiger partial charge in [-0.25, -0.2) is 13.8 Å². The van der Waals surface area contributed by atoms with Crippen LogP contribution in [0.4, 0.5) is 17.7 Å². The average molecular weight is 298 g/mol. The highest BCUT2D eigenvalue weighted by Crippen LogP contribution is 2.30. The predicted octanol–water partition coefficient (Wildman–Crippen LogP) is 1.90. The summed E-state index contributed by atoms with van der Waals surface area (Å²) in [7, 11) is -3.89. The van der Waals surface area contributed by atoms with Gasteiger partial charge >= 0.3 is 6.18 Å². The fourth-order valence-electron chi connectivity index (χ4n) is 1.74. The summed E-state index contributed by atoms with van der Waals surface area (Å²) < 4.78 is 73.8. The van der Waals surface area contributed by atoms with Crippen LogP contribution in [0.15, 0.2) is 29.2 Å². The van der Waals surface area contributed by atoms with Crippen LogP contribution in [-0.4, -0.2) is 25.6 Å². The van der Waals surface area contributed by atoms with Gasteiger partial charge in [-0.2, -0.15) is 13.2 Å². The van der Waals surface area contributed by atoms with E-state index in [2.05, 4.69) is 5.43 Å². The van der Waals surface area contributed by atoms with E-state index in [1.54, 1.807) is 0 Å². The molecule has 1 aromatic carbocycles. The Balaban J connectivity index is 2.27. The van der Waals surface area contributed by atoms with Gasteiger partial charge in [0.25, 0.3) is 0 Å². The van der Waals surface area contributed by atoms with Gasteiger partial charge in [-0.1, -0.05) is 5.23 Å². The van der Waals surface area contributed by atoms with Crippen molar-refractivity contribution in [1.82, 2.24) is 10.7 Å². The Morgan fingerprint density at radius 3 is 2.21 bits per heavy atom. The second-order valence-electron chi connectivity index (χ2n) is 4.06. The van der Waals surface area contributed by atoms with Gasteiger partial charge in [0.15, 0.2) is 9.84 Å². The molecule has 1 saturated heterocycles. The number of hydrazine groups is 1. The maximum Gasteiger partial charge on any atom is 0.416 e. The highest BCUT2D eigenvalue weighted by Gasteiger charge is 2.35. The second kappa shape index (κ2) is 4.73. The first-order valence-corrected chi connectivity index (χ1v) is 6.86. The SMILES string of the molecule is O=S(=O)(c1ccc(C(F)(F)F)cc1)C1CCN(F)N1. The normalized spacial score (nSPS) is 21.8. The summed E-state index contributed by atoms with van der Waals surface area (Å²) in [5, 5.41) is -1.01. The fourth-order valence-corrected chi connectivity index (χ4v) is 3.25. The van der Waals surface area contributed by atoms with Crippen LogP contribution in [0.3, 0.4) is 0 Å². The second-order valence-corrected chi connectivity index (χ2v) is 6.19. The minimum absolute atomic E-state index is 0.0276. The number of halogens is 4. The zero-order valence-corrected chi connectivity index (χ0v) is 10.3. The summed E-state index contributed by atoms with van der Waals surface area (Å²) in [6, 6.07) is 3.13. The van der Waals surface area contributed by atoms with Gasteiger partial charge in [0, 0.05) is 6.54 Å². The van der Waals surface area contributed by atoms with Crippen molar-refractivity contribution in [3.8, 4) is 0 Å². The Kier molecular flexibility index (Phi) is 3.54. The van der Waals surface area contributed by atoms with Crippen LogP contribution in [0.2, 0.25) is 0 Å². The lowest BCUT2D eigenvalue weighted by Gasteiger charge is -2.13. The molecule has 1 N–H and O–H groups in total. The van der Waals surface area contributed by atoms with E-state index >= 15 is 0 Å². The predicted molar refractivity (Wildman–Crippen MR) is 58.0 cm³/mol. The van der Waals surface area contributed by atoms with Crippen molar-refractivity contribution in [3.05, 3.63) is 29.8 Å². The summed E-state index contributed by atoms with van der Waals surface area (Å²) in [4.78, 5) is -0.270. The monoisotopic (exact) mass is 298 g/mol. The van der Waals surface area contributed by atoms with E-state index in [0.29, 0.717) is 12.1 Å². The van der Waals surface area contributed by atoms with Crippen LogP contribution in [-0.2, 0) is 16.0 Å². The highest BCUT2D eigenvalue weighted by atomic mass is 32.2. The zero-order chi connectivity index (χ0) is 14.3. The first-order chi connectivity index (χ1) is 8.71. The van der Waals surface area contributed by atoms with Crippen LogP contribution < -0.4 is 5.43 Å². The molecule has 0 bridgehead atoms. The molecule has 1 heterocycles. The molecule has 0 saturated carbocycles. The third-order valence-corrected chi connectivity index (χ3v) is 4.78.